The lowest BCUT2D eigenvalue weighted by molar-refractivity contribution is 0.409. The van der Waals surface area contributed by atoms with E-state index in [1.807, 2.05) is 30.1 Å². The topological polar surface area (TPSA) is 12.5 Å². The van der Waals surface area contributed by atoms with Crippen LogP contribution in [-0.2, 0) is 6.54 Å². The fourth-order valence-electron chi connectivity index (χ4n) is 1.91. The first-order chi connectivity index (χ1) is 9.10. The summed E-state index contributed by atoms with van der Waals surface area (Å²) in [6.45, 7) is 0.689. The monoisotopic (exact) mass is 323 g/mol. The Morgan fingerprint density at radius 1 is 1.16 bits per heavy atom. The van der Waals surface area contributed by atoms with Crippen molar-refractivity contribution in [1.82, 2.24) is 0 Å². The molecule has 0 spiro atoms. The van der Waals surface area contributed by atoms with Crippen molar-refractivity contribution in [2.24, 2.45) is 0 Å². The van der Waals surface area contributed by atoms with Crippen LogP contribution in [0.2, 0.25) is 0 Å². The van der Waals surface area contributed by atoms with Crippen molar-refractivity contribution in [3.8, 4) is 5.75 Å². The maximum absolute atomic E-state index is 12.9. The van der Waals surface area contributed by atoms with Gasteiger partial charge in [-0.1, -0.05) is 15.9 Å². The molecule has 0 fully saturated rings. The summed E-state index contributed by atoms with van der Waals surface area (Å²) >= 11 is 3.46. The van der Waals surface area contributed by atoms with E-state index in [0.29, 0.717) is 6.54 Å². The van der Waals surface area contributed by atoms with Gasteiger partial charge in [0.15, 0.2) is 0 Å². The van der Waals surface area contributed by atoms with Gasteiger partial charge in [-0.3, -0.25) is 0 Å². The van der Waals surface area contributed by atoms with Gasteiger partial charge >= 0.3 is 0 Å². The minimum absolute atomic E-state index is 0.225. The highest BCUT2D eigenvalue weighted by atomic mass is 79.9. The highest BCUT2D eigenvalue weighted by Gasteiger charge is 2.08. The van der Waals surface area contributed by atoms with E-state index in [-0.39, 0.29) is 5.82 Å². The molecule has 0 amide bonds. The molecule has 0 N–H and O–H groups in total. The Balaban J connectivity index is 2.20. The van der Waals surface area contributed by atoms with Crippen molar-refractivity contribution in [2.45, 2.75) is 6.54 Å². The van der Waals surface area contributed by atoms with Gasteiger partial charge in [-0.2, -0.15) is 0 Å². The predicted molar refractivity (Wildman–Crippen MR) is 79.2 cm³/mol. The fraction of sp³-hybridized carbons (Fsp3) is 0.200. The summed E-state index contributed by atoms with van der Waals surface area (Å²) in [6.07, 6.45) is 0. The van der Waals surface area contributed by atoms with Gasteiger partial charge in [0.1, 0.15) is 11.6 Å². The molecular weight excluding hydrogens is 309 g/mol. The minimum atomic E-state index is -0.225. The second-order valence-corrected chi connectivity index (χ2v) is 5.20. The molecule has 2 aromatic carbocycles. The third-order valence-electron chi connectivity index (χ3n) is 2.92. The summed E-state index contributed by atoms with van der Waals surface area (Å²) in [6, 6.07) is 12.4. The highest BCUT2D eigenvalue weighted by Crippen LogP contribution is 2.25. The van der Waals surface area contributed by atoms with Crippen molar-refractivity contribution in [2.75, 3.05) is 19.1 Å². The number of anilines is 1. The molecule has 0 aromatic heterocycles. The molecule has 2 rings (SSSR count). The number of halogens is 2. The molecule has 100 valence electrons. The van der Waals surface area contributed by atoms with Crippen LogP contribution in [0.5, 0.6) is 5.75 Å². The summed E-state index contributed by atoms with van der Waals surface area (Å²) in [5.74, 6) is 0.620. The van der Waals surface area contributed by atoms with Gasteiger partial charge in [0, 0.05) is 29.3 Å². The third kappa shape index (κ3) is 3.47. The Kier molecular flexibility index (Phi) is 4.43. The number of methoxy groups -OCH3 is 1. The van der Waals surface area contributed by atoms with Gasteiger partial charge in [0.2, 0.25) is 0 Å². The summed E-state index contributed by atoms with van der Waals surface area (Å²) < 4.78 is 19.3. The van der Waals surface area contributed by atoms with Gasteiger partial charge in [-0.25, -0.2) is 4.39 Å². The van der Waals surface area contributed by atoms with Gasteiger partial charge in [0.25, 0.3) is 0 Å². The smallest absolute Gasteiger partial charge is 0.123 e. The van der Waals surface area contributed by atoms with E-state index >= 15 is 0 Å². The van der Waals surface area contributed by atoms with E-state index in [4.69, 9.17) is 4.74 Å². The molecule has 19 heavy (non-hydrogen) atoms. The molecular formula is C15H15BrFNO. The highest BCUT2D eigenvalue weighted by molar-refractivity contribution is 9.10. The number of rotatable bonds is 4. The maximum Gasteiger partial charge on any atom is 0.123 e. The zero-order chi connectivity index (χ0) is 13.8. The number of nitrogens with zero attached hydrogens (tertiary/aromatic N) is 1. The van der Waals surface area contributed by atoms with Crippen LogP contribution in [0.15, 0.2) is 46.9 Å². The molecule has 0 unspecified atom stereocenters. The SMILES string of the molecule is COc1ccc(Br)cc1CN(C)c1ccc(F)cc1. The van der Waals surface area contributed by atoms with Crippen LogP contribution in [0.4, 0.5) is 10.1 Å². The Labute approximate surface area is 120 Å². The molecule has 0 atom stereocenters. The van der Waals surface area contributed by atoms with Crippen molar-refractivity contribution < 1.29 is 9.13 Å². The van der Waals surface area contributed by atoms with E-state index in [1.165, 1.54) is 12.1 Å². The molecule has 0 aliphatic rings. The first-order valence-electron chi connectivity index (χ1n) is 5.89. The number of hydrogen-bond acceptors (Lipinski definition) is 2. The van der Waals surface area contributed by atoms with Crippen LogP contribution >= 0.6 is 15.9 Å². The normalized spacial score (nSPS) is 10.3. The summed E-state index contributed by atoms with van der Waals surface area (Å²) in [4.78, 5) is 2.05. The Hall–Kier alpha value is -1.55. The lowest BCUT2D eigenvalue weighted by atomic mass is 10.2. The fourth-order valence-corrected chi connectivity index (χ4v) is 2.32. The van der Waals surface area contributed by atoms with E-state index in [2.05, 4.69) is 15.9 Å². The van der Waals surface area contributed by atoms with Crippen LogP contribution in [0.3, 0.4) is 0 Å². The van der Waals surface area contributed by atoms with Crippen molar-refractivity contribution in [3.63, 3.8) is 0 Å². The van der Waals surface area contributed by atoms with Gasteiger partial charge in [-0.15, -0.1) is 0 Å². The van der Waals surface area contributed by atoms with Gasteiger partial charge in [-0.05, 0) is 42.5 Å². The molecule has 0 aliphatic carbocycles. The zero-order valence-corrected chi connectivity index (χ0v) is 12.4. The number of ether oxygens (including phenoxy) is 1. The minimum Gasteiger partial charge on any atom is -0.496 e. The van der Waals surface area contributed by atoms with Crippen molar-refractivity contribution >= 4 is 21.6 Å². The standard InChI is InChI=1S/C15H15BrFNO/c1-18(14-6-4-13(17)5-7-14)10-11-9-12(16)3-8-15(11)19-2/h3-9H,10H2,1-2H3. The molecule has 4 heteroatoms. The molecule has 0 radical (unpaired) electrons. The maximum atomic E-state index is 12.9. The second kappa shape index (κ2) is 6.06. The predicted octanol–water partition coefficient (Wildman–Crippen LogP) is 4.23. The summed E-state index contributed by atoms with van der Waals surface area (Å²) in [5, 5.41) is 0. The molecule has 2 nitrogen and oxygen atoms in total. The Bertz CT molecular complexity index is 557. The van der Waals surface area contributed by atoms with Crippen LogP contribution in [0.25, 0.3) is 0 Å². The lowest BCUT2D eigenvalue weighted by Crippen LogP contribution is -2.16. The van der Waals surface area contributed by atoms with Gasteiger partial charge < -0.3 is 9.64 Å². The average molecular weight is 324 g/mol. The van der Waals surface area contributed by atoms with Crippen molar-refractivity contribution in [3.05, 3.63) is 58.3 Å². The molecule has 0 heterocycles. The zero-order valence-electron chi connectivity index (χ0n) is 10.9. The summed E-state index contributed by atoms with van der Waals surface area (Å²) in [7, 11) is 3.62. The van der Waals surface area contributed by atoms with Gasteiger partial charge in [0.05, 0.1) is 7.11 Å². The van der Waals surface area contributed by atoms with E-state index in [1.54, 1.807) is 19.2 Å². The van der Waals surface area contributed by atoms with Crippen LogP contribution in [-0.4, -0.2) is 14.2 Å². The molecule has 0 bridgehead atoms. The second-order valence-electron chi connectivity index (χ2n) is 4.29. The molecule has 2 aromatic rings. The first-order valence-corrected chi connectivity index (χ1v) is 6.68. The van der Waals surface area contributed by atoms with Crippen molar-refractivity contribution in [1.29, 1.82) is 0 Å². The van der Waals surface area contributed by atoms with E-state index < -0.39 is 0 Å². The summed E-state index contributed by atoms with van der Waals surface area (Å²) in [5.41, 5.74) is 2.03. The Morgan fingerprint density at radius 2 is 1.84 bits per heavy atom. The lowest BCUT2D eigenvalue weighted by Gasteiger charge is -2.21. The molecule has 0 saturated heterocycles. The van der Waals surface area contributed by atoms with Crippen LogP contribution < -0.4 is 9.64 Å². The molecule has 0 saturated carbocycles. The van der Waals surface area contributed by atoms with Crippen LogP contribution in [0.1, 0.15) is 5.56 Å². The number of benzene rings is 2. The van der Waals surface area contributed by atoms with E-state index in [9.17, 15) is 4.39 Å². The molecule has 0 aliphatic heterocycles. The van der Waals surface area contributed by atoms with Crippen LogP contribution in [0, 0.1) is 5.82 Å². The largest absolute Gasteiger partial charge is 0.496 e. The average Bonchev–Trinajstić information content (AvgIpc) is 2.39. The van der Waals surface area contributed by atoms with E-state index in [0.717, 1.165) is 21.5 Å². The number of hydrogen-bond donors (Lipinski definition) is 0. The first kappa shape index (κ1) is 13.9. The third-order valence-corrected chi connectivity index (χ3v) is 3.41. The Morgan fingerprint density at radius 3 is 2.47 bits per heavy atom. The quantitative estimate of drug-likeness (QED) is 0.834.